The Balaban J connectivity index is 3.13. The number of thiol groups is 2. The number of hydrogen-bond donors (Lipinski definition) is 4. The van der Waals surface area contributed by atoms with Crippen LogP contribution in [0.4, 0.5) is 0 Å². The first-order valence-electron chi connectivity index (χ1n) is 3.33. The molecule has 0 aromatic heterocycles. The lowest BCUT2D eigenvalue weighted by Crippen LogP contribution is -2.13. The first-order chi connectivity index (χ1) is 4.68. The van der Waals surface area contributed by atoms with Crippen LogP contribution < -0.4 is 0 Å². The lowest BCUT2D eigenvalue weighted by Gasteiger charge is -2.11. The maximum absolute atomic E-state index is 8.85. The highest BCUT2D eigenvalue weighted by atomic mass is 32.1. The van der Waals surface area contributed by atoms with Gasteiger partial charge in [-0.15, -0.1) is 12.6 Å². The summed E-state index contributed by atoms with van der Waals surface area (Å²) in [7, 11) is 0. The Morgan fingerprint density at radius 3 is 2.20 bits per heavy atom. The Morgan fingerprint density at radius 2 is 1.80 bits per heavy atom. The minimum atomic E-state index is -0.651. The van der Waals surface area contributed by atoms with E-state index in [-0.39, 0.29) is 11.9 Å². The Hall–Kier alpha value is 0.620. The molecule has 0 fully saturated rings. The van der Waals surface area contributed by atoms with Gasteiger partial charge in [-0.3, -0.25) is 0 Å². The van der Waals surface area contributed by atoms with Crippen LogP contribution in [0.25, 0.3) is 0 Å². The highest BCUT2D eigenvalue weighted by Gasteiger charge is 2.08. The Morgan fingerprint density at radius 1 is 1.20 bits per heavy atom. The fourth-order valence-electron chi connectivity index (χ4n) is 0.614. The molecule has 2 nitrogen and oxygen atoms in total. The summed E-state index contributed by atoms with van der Waals surface area (Å²) in [6.45, 7) is 0.211. The largest absolute Gasteiger partial charge is 0.396 e. The first-order valence-corrected chi connectivity index (χ1v) is 4.37. The summed E-state index contributed by atoms with van der Waals surface area (Å²) in [5.41, 5.74) is -0.651. The van der Waals surface area contributed by atoms with E-state index in [9.17, 15) is 0 Å². The van der Waals surface area contributed by atoms with E-state index in [4.69, 9.17) is 10.2 Å². The van der Waals surface area contributed by atoms with Gasteiger partial charge in [-0.25, -0.2) is 0 Å². The second-order valence-electron chi connectivity index (χ2n) is 2.20. The summed E-state index contributed by atoms with van der Waals surface area (Å²) >= 11 is 7.90. The van der Waals surface area contributed by atoms with Crippen LogP contribution in [0.15, 0.2) is 0 Å². The van der Waals surface area contributed by atoms with Crippen molar-refractivity contribution in [3.63, 3.8) is 0 Å². The molecule has 0 amide bonds. The van der Waals surface area contributed by atoms with Gasteiger partial charge in [-0.1, -0.05) is 0 Å². The smallest absolute Gasteiger partial charge is 0.108 e. The molecule has 4 heteroatoms. The van der Waals surface area contributed by atoms with Gasteiger partial charge in [-0.05, 0) is 19.3 Å². The second kappa shape index (κ2) is 6.34. The number of rotatable bonds is 5. The summed E-state index contributed by atoms with van der Waals surface area (Å²) in [6.07, 6.45) is 2.47. The molecule has 2 atom stereocenters. The van der Waals surface area contributed by atoms with Gasteiger partial charge in [-0.2, -0.15) is 12.6 Å². The van der Waals surface area contributed by atoms with Gasteiger partial charge in [0.05, 0.1) is 0 Å². The second-order valence-corrected chi connectivity index (χ2v) is 3.39. The van der Waals surface area contributed by atoms with Gasteiger partial charge < -0.3 is 10.2 Å². The number of aliphatic hydroxyl groups is 2. The minimum absolute atomic E-state index is 0.0742. The summed E-state index contributed by atoms with van der Waals surface area (Å²) in [5.74, 6) is 0. The molecule has 62 valence electrons. The van der Waals surface area contributed by atoms with Crippen molar-refractivity contribution in [2.75, 3.05) is 6.61 Å². The van der Waals surface area contributed by atoms with E-state index in [0.29, 0.717) is 0 Å². The molecule has 0 aromatic rings. The van der Waals surface area contributed by atoms with Gasteiger partial charge in [0.15, 0.2) is 0 Å². The van der Waals surface area contributed by atoms with Gasteiger partial charge >= 0.3 is 0 Å². The maximum atomic E-state index is 8.85. The van der Waals surface area contributed by atoms with Crippen LogP contribution in [0.3, 0.4) is 0 Å². The van der Waals surface area contributed by atoms with Crippen LogP contribution in [0, 0.1) is 0 Å². The van der Waals surface area contributed by atoms with Crippen molar-refractivity contribution in [2.24, 2.45) is 0 Å². The van der Waals surface area contributed by atoms with Crippen LogP contribution >= 0.6 is 25.3 Å². The van der Waals surface area contributed by atoms with Crippen LogP contribution in [0.1, 0.15) is 19.3 Å². The molecule has 0 aliphatic rings. The van der Waals surface area contributed by atoms with E-state index in [0.717, 1.165) is 19.3 Å². The molecule has 0 heterocycles. The fraction of sp³-hybridized carbons (Fsp3) is 1.00. The Bertz CT molecular complexity index is 78.1. The average Bonchev–Trinajstić information content (AvgIpc) is 1.88. The number of unbranched alkanes of at least 4 members (excludes halogenated alkanes) is 1. The third-order valence-corrected chi connectivity index (χ3v) is 2.39. The SMILES string of the molecule is OCCCCC(S)C(O)S. The quantitative estimate of drug-likeness (QED) is 0.287. The molecular weight excluding hydrogens is 168 g/mol. The predicted molar refractivity (Wildman–Crippen MR) is 48.7 cm³/mol. The molecule has 0 spiro atoms. The zero-order valence-corrected chi connectivity index (χ0v) is 7.56. The zero-order valence-electron chi connectivity index (χ0n) is 5.77. The van der Waals surface area contributed by atoms with Crippen molar-refractivity contribution in [1.82, 2.24) is 0 Å². The molecule has 0 aliphatic heterocycles. The van der Waals surface area contributed by atoms with Crippen molar-refractivity contribution in [1.29, 1.82) is 0 Å². The third-order valence-electron chi connectivity index (χ3n) is 1.25. The molecule has 0 saturated heterocycles. The molecular formula is C6H14O2S2. The highest BCUT2D eigenvalue weighted by molar-refractivity contribution is 7.85. The van der Waals surface area contributed by atoms with Crippen molar-refractivity contribution >= 4 is 25.3 Å². The van der Waals surface area contributed by atoms with Gasteiger partial charge in [0.1, 0.15) is 5.44 Å². The van der Waals surface area contributed by atoms with E-state index in [1.54, 1.807) is 0 Å². The summed E-state index contributed by atoms with van der Waals surface area (Å²) in [5, 5.41) is 17.2. The van der Waals surface area contributed by atoms with Crippen LogP contribution in [-0.2, 0) is 0 Å². The molecule has 0 aromatic carbocycles. The van der Waals surface area contributed by atoms with Crippen molar-refractivity contribution < 1.29 is 10.2 Å². The zero-order chi connectivity index (χ0) is 7.98. The number of aliphatic hydroxyl groups excluding tert-OH is 2. The molecule has 0 radical (unpaired) electrons. The van der Waals surface area contributed by atoms with E-state index >= 15 is 0 Å². The van der Waals surface area contributed by atoms with E-state index < -0.39 is 5.44 Å². The molecule has 2 N–H and O–H groups in total. The maximum Gasteiger partial charge on any atom is 0.108 e. The van der Waals surface area contributed by atoms with Crippen molar-refractivity contribution in [2.45, 2.75) is 29.9 Å². The lowest BCUT2D eigenvalue weighted by molar-refractivity contribution is 0.249. The normalized spacial score (nSPS) is 16.8. The van der Waals surface area contributed by atoms with E-state index in [2.05, 4.69) is 25.3 Å². The van der Waals surface area contributed by atoms with Crippen molar-refractivity contribution in [3.8, 4) is 0 Å². The monoisotopic (exact) mass is 182 g/mol. The standard InChI is InChI=1S/C6H14O2S2/c7-4-2-1-3-5(9)6(8)10/h5-10H,1-4H2. The molecule has 2 unspecified atom stereocenters. The Kier molecular flexibility index (Phi) is 6.73. The lowest BCUT2D eigenvalue weighted by atomic mass is 10.2. The van der Waals surface area contributed by atoms with Crippen LogP contribution in [0.5, 0.6) is 0 Å². The predicted octanol–water partition coefficient (Wildman–Crippen LogP) is 0.696. The molecule has 0 saturated carbocycles. The van der Waals surface area contributed by atoms with Gasteiger partial charge in [0.25, 0.3) is 0 Å². The van der Waals surface area contributed by atoms with Gasteiger partial charge in [0, 0.05) is 11.9 Å². The van der Waals surface area contributed by atoms with Crippen LogP contribution in [0.2, 0.25) is 0 Å². The third kappa shape index (κ3) is 5.41. The van der Waals surface area contributed by atoms with E-state index in [1.807, 2.05) is 0 Å². The van der Waals surface area contributed by atoms with Crippen LogP contribution in [-0.4, -0.2) is 27.5 Å². The van der Waals surface area contributed by atoms with Crippen molar-refractivity contribution in [3.05, 3.63) is 0 Å². The fourth-order valence-corrected chi connectivity index (χ4v) is 0.946. The highest BCUT2D eigenvalue weighted by Crippen LogP contribution is 2.13. The van der Waals surface area contributed by atoms with Gasteiger partial charge in [0.2, 0.25) is 0 Å². The molecule has 10 heavy (non-hydrogen) atoms. The van der Waals surface area contributed by atoms with E-state index in [1.165, 1.54) is 0 Å². The topological polar surface area (TPSA) is 40.5 Å². The molecule has 0 bridgehead atoms. The summed E-state index contributed by atoms with van der Waals surface area (Å²) < 4.78 is 0. The summed E-state index contributed by atoms with van der Waals surface area (Å²) in [6, 6.07) is 0. The average molecular weight is 182 g/mol. The summed E-state index contributed by atoms with van der Waals surface area (Å²) in [4.78, 5) is 0. The number of hydrogen-bond acceptors (Lipinski definition) is 4. The first kappa shape index (κ1) is 10.6. The molecule has 0 rings (SSSR count). The molecule has 0 aliphatic carbocycles. The minimum Gasteiger partial charge on any atom is -0.396 e. The Labute approximate surface area is 72.5 Å².